The van der Waals surface area contributed by atoms with Crippen molar-refractivity contribution in [3.8, 4) is 0 Å². The Hall–Kier alpha value is -2.25. The van der Waals surface area contributed by atoms with Crippen LogP contribution in [0.25, 0.3) is 4.96 Å². The topological polar surface area (TPSA) is 59.7 Å². The van der Waals surface area contributed by atoms with E-state index < -0.39 is 0 Å². The van der Waals surface area contributed by atoms with Gasteiger partial charge in [-0.05, 0) is 24.0 Å². The standard InChI is InChI=1S/C19H20N4O2S/c1-2-5-14-10-16(24)23-17(20-14)26-18(21-23)22-9-8-19(12-22)15-7-4-3-6-13(15)11-25-19/h3-4,6-7,10H,2,5,8-9,11-12H2,1H3. The molecule has 4 heterocycles. The lowest BCUT2D eigenvalue weighted by atomic mass is 9.92. The Morgan fingerprint density at radius 3 is 3.12 bits per heavy atom. The van der Waals surface area contributed by atoms with Crippen molar-refractivity contribution in [2.75, 3.05) is 18.0 Å². The van der Waals surface area contributed by atoms with E-state index in [0.717, 1.165) is 43.2 Å². The van der Waals surface area contributed by atoms with Crippen molar-refractivity contribution in [2.24, 2.45) is 0 Å². The molecule has 0 amide bonds. The number of hydrogen-bond acceptors (Lipinski definition) is 6. The van der Waals surface area contributed by atoms with Crippen LogP contribution in [0.5, 0.6) is 0 Å². The largest absolute Gasteiger partial charge is 0.364 e. The van der Waals surface area contributed by atoms with Crippen LogP contribution >= 0.6 is 11.3 Å². The zero-order valence-electron chi connectivity index (χ0n) is 14.6. The van der Waals surface area contributed by atoms with E-state index in [1.165, 1.54) is 27.0 Å². The molecular formula is C19H20N4O2S. The van der Waals surface area contributed by atoms with Gasteiger partial charge in [0.2, 0.25) is 10.1 Å². The third-order valence-corrected chi connectivity index (χ3v) is 6.28. The van der Waals surface area contributed by atoms with Gasteiger partial charge in [-0.1, -0.05) is 48.9 Å². The second-order valence-corrected chi connectivity index (χ2v) is 7.96. The lowest BCUT2D eigenvalue weighted by molar-refractivity contribution is -0.0205. The van der Waals surface area contributed by atoms with E-state index in [2.05, 4.69) is 46.2 Å². The zero-order chi connectivity index (χ0) is 17.7. The fourth-order valence-corrected chi connectivity index (χ4v) is 4.98. The maximum absolute atomic E-state index is 12.3. The van der Waals surface area contributed by atoms with Crippen LogP contribution < -0.4 is 10.5 Å². The highest BCUT2D eigenvalue weighted by molar-refractivity contribution is 7.20. The summed E-state index contributed by atoms with van der Waals surface area (Å²) in [5.41, 5.74) is 3.07. The van der Waals surface area contributed by atoms with Gasteiger partial charge in [0.05, 0.1) is 13.2 Å². The molecule has 134 valence electrons. The summed E-state index contributed by atoms with van der Waals surface area (Å²) < 4.78 is 7.65. The smallest absolute Gasteiger partial charge is 0.275 e. The summed E-state index contributed by atoms with van der Waals surface area (Å²) in [5, 5.41) is 5.38. The normalized spacial score (nSPS) is 21.8. The predicted molar refractivity (Wildman–Crippen MR) is 101 cm³/mol. The lowest BCUT2D eigenvalue weighted by Gasteiger charge is -2.24. The maximum Gasteiger partial charge on any atom is 0.275 e. The summed E-state index contributed by atoms with van der Waals surface area (Å²) in [5.74, 6) is 0. The average molecular weight is 368 g/mol. The first-order valence-corrected chi connectivity index (χ1v) is 9.87. The minimum Gasteiger partial charge on any atom is -0.364 e. The zero-order valence-corrected chi connectivity index (χ0v) is 15.5. The van der Waals surface area contributed by atoms with Gasteiger partial charge in [0.25, 0.3) is 5.56 Å². The van der Waals surface area contributed by atoms with Crippen molar-refractivity contribution < 1.29 is 4.74 Å². The Balaban J connectivity index is 1.48. The molecule has 2 aromatic heterocycles. The summed E-state index contributed by atoms with van der Waals surface area (Å²) >= 11 is 1.48. The molecule has 0 radical (unpaired) electrons. The van der Waals surface area contributed by atoms with Gasteiger partial charge in [0, 0.05) is 18.3 Å². The molecule has 26 heavy (non-hydrogen) atoms. The number of aromatic nitrogens is 3. The maximum atomic E-state index is 12.3. The summed E-state index contributed by atoms with van der Waals surface area (Å²) in [6, 6.07) is 10.1. The Morgan fingerprint density at radius 2 is 2.23 bits per heavy atom. The number of rotatable bonds is 3. The molecule has 2 aliphatic rings. The van der Waals surface area contributed by atoms with E-state index in [-0.39, 0.29) is 11.2 Å². The van der Waals surface area contributed by atoms with Gasteiger partial charge in [-0.2, -0.15) is 4.52 Å². The average Bonchev–Trinajstić information content (AvgIpc) is 3.34. The van der Waals surface area contributed by atoms with Crippen LogP contribution in [0.1, 0.15) is 36.6 Å². The molecular weight excluding hydrogens is 348 g/mol. The Labute approximate surface area is 155 Å². The fraction of sp³-hybridized carbons (Fsp3) is 0.421. The van der Waals surface area contributed by atoms with Gasteiger partial charge in [-0.3, -0.25) is 4.79 Å². The Kier molecular flexibility index (Phi) is 3.62. The van der Waals surface area contributed by atoms with Gasteiger partial charge < -0.3 is 9.64 Å². The molecule has 6 nitrogen and oxygen atoms in total. The van der Waals surface area contributed by atoms with Crippen LogP contribution in [-0.4, -0.2) is 27.7 Å². The molecule has 0 bridgehead atoms. The van der Waals surface area contributed by atoms with Crippen LogP contribution in [0.3, 0.4) is 0 Å². The van der Waals surface area contributed by atoms with E-state index in [9.17, 15) is 4.79 Å². The highest BCUT2D eigenvalue weighted by Crippen LogP contribution is 2.44. The summed E-state index contributed by atoms with van der Waals surface area (Å²) in [6.45, 7) is 4.39. The molecule has 1 fully saturated rings. The van der Waals surface area contributed by atoms with Crippen LogP contribution in [0.15, 0.2) is 35.1 Å². The molecule has 1 spiro atoms. The quantitative estimate of drug-likeness (QED) is 0.711. The number of fused-ring (bicyclic) bond motifs is 3. The van der Waals surface area contributed by atoms with E-state index in [0.29, 0.717) is 11.6 Å². The SMILES string of the molecule is CCCc1cc(=O)n2nc(N3CCC4(C3)OCc3ccccc34)sc2n1. The van der Waals surface area contributed by atoms with Crippen molar-refractivity contribution >= 4 is 21.4 Å². The molecule has 0 saturated carbocycles. The van der Waals surface area contributed by atoms with E-state index >= 15 is 0 Å². The summed E-state index contributed by atoms with van der Waals surface area (Å²) in [7, 11) is 0. The van der Waals surface area contributed by atoms with E-state index in [1.807, 2.05) is 0 Å². The van der Waals surface area contributed by atoms with Crippen molar-refractivity contribution in [3.63, 3.8) is 0 Å². The molecule has 1 unspecified atom stereocenters. The van der Waals surface area contributed by atoms with Crippen LogP contribution in [-0.2, 0) is 23.4 Å². The first kappa shape index (κ1) is 16.0. The van der Waals surface area contributed by atoms with Gasteiger partial charge in [-0.25, -0.2) is 4.98 Å². The second kappa shape index (κ2) is 5.89. The van der Waals surface area contributed by atoms with Gasteiger partial charge in [0.1, 0.15) is 5.60 Å². The summed E-state index contributed by atoms with van der Waals surface area (Å²) in [4.78, 5) is 19.8. The van der Waals surface area contributed by atoms with Gasteiger partial charge in [0.15, 0.2) is 0 Å². The first-order chi connectivity index (χ1) is 12.7. The molecule has 1 atom stereocenters. The third kappa shape index (κ3) is 2.38. The predicted octanol–water partition coefficient (Wildman–Crippen LogP) is 2.74. The highest BCUT2D eigenvalue weighted by atomic mass is 32.1. The number of anilines is 1. The van der Waals surface area contributed by atoms with Crippen LogP contribution in [0, 0.1) is 0 Å². The number of hydrogen-bond donors (Lipinski definition) is 0. The molecule has 7 heteroatoms. The number of ether oxygens (including phenoxy) is 1. The third-order valence-electron chi connectivity index (χ3n) is 5.31. The molecule has 3 aromatic rings. The lowest BCUT2D eigenvalue weighted by Crippen LogP contribution is -2.30. The molecule has 1 saturated heterocycles. The Morgan fingerprint density at radius 1 is 1.35 bits per heavy atom. The van der Waals surface area contributed by atoms with E-state index in [4.69, 9.17) is 4.74 Å². The number of benzene rings is 1. The van der Waals surface area contributed by atoms with Gasteiger partial charge in [-0.15, -0.1) is 5.10 Å². The van der Waals surface area contributed by atoms with Crippen LogP contribution in [0.4, 0.5) is 5.13 Å². The first-order valence-electron chi connectivity index (χ1n) is 9.06. The molecule has 0 N–H and O–H groups in total. The number of aryl methyl sites for hydroxylation is 1. The van der Waals surface area contributed by atoms with Crippen molar-refractivity contribution in [1.29, 1.82) is 0 Å². The Bertz CT molecular complexity index is 1040. The molecule has 0 aliphatic carbocycles. The van der Waals surface area contributed by atoms with Crippen molar-refractivity contribution in [1.82, 2.24) is 14.6 Å². The fourth-order valence-electron chi connectivity index (χ4n) is 4.03. The van der Waals surface area contributed by atoms with E-state index in [1.54, 1.807) is 6.07 Å². The van der Waals surface area contributed by atoms with Crippen molar-refractivity contribution in [2.45, 2.75) is 38.4 Å². The molecule has 2 aliphatic heterocycles. The van der Waals surface area contributed by atoms with Crippen molar-refractivity contribution in [3.05, 3.63) is 57.5 Å². The highest BCUT2D eigenvalue weighted by Gasteiger charge is 2.46. The summed E-state index contributed by atoms with van der Waals surface area (Å²) in [6.07, 6.45) is 2.72. The number of nitrogens with zero attached hydrogens (tertiary/aromatic N) is 4. The minimum atomic E-state index is -0.250. The van der Waals surface area contributed by atoms with Gasteiger partial charge >= 0.3 is 0 Å². The molecule has 5 rings (SSSR count). The second-order valence-electron chi connectivity index (χ2n) is 7.03. The van der Waals surface area contributed by atoms with Crippen LogP contribution in [0.2, 0.25) is 0 Å². The minimum absolute atomic E-state index is 0.0997. The molecule has 1 aromatic carbocycles. The monoisotopic (exact) mass is 368 g/mol.